The smallest absolute Gasteiger partial charge is 0.227 e. The minimum Gasteiger partial charge on any atom is -0.326 e. The zero-order valence-electron chi connectivity index (χ0n) is 8.66. The summed E-state index contributed by atoms with van der Waals surface area (Å²) >= 11 is 0. The Kier molecular flexibility index (Phi) is 2.71. The molecule has 1 N–H and O–H groups in total. The van der Waals surface area contributed by atoms with Gasteiger partial charge in [-0.2, -0.15) is 0 Å². The van der Waals surface area contributed by atoms with Crippen LogP contribution in [0.5, 0.6) is 0 Å². The Morgan fingerprint density at radius 3 is 2.53 bits per heavy atom. The molecule has 1 fully saturated rings. The lowest BCUT2D eigenvalue weighted by molar-refractivity contribution is -0.119. The quantitative estimate of drug-likeness (QED) is 0.811. The molecule has 0 radical (unpaired) electrons. The summed E-state index contributed by atoms with van der Waals surface area (Å²) in [5.74, 6) is 0.354. The van der Waals surface area contributed by atoms with Crippen molar-refractivity contribution in [3.63, 3.8) is 0 Å². The second kappa shape index (κ2) is 4.01. The predicted octanol–water partition coefficient (Wildman–Crippen LogP) is 2.81. The number of nitrogens with one attached hydrogen (secondary N) is 1. The Hall–Kier alpha value is -1.38. The van der Waals surface area contributed by atoms with Gasteiger partial charge < -0.3 is 5.32 Å². The third-order valence-electron chi connectivity index (χ3n) is 2.85. The number of carbonyl (C=O) groups excluding carboxylic acids is 1. The highest BCUT2D eigenvalue weighted by atomic mass is 19.1. The van der Waals surface area contributed by atoms with Crippen molar-refractivity contribution in [1.82, 2.24) is 0 Å². The second-order valence-electron chi connectivity index (χ2n) is 4.12. The van der Waals surface area contributed by atoms with Crippen molar-refractivity contribution in [2.75, 3.05) is 5.32 Å². The molecule has 15 heavy (non-hydrogen) atoms. The van der Waals surface area contributed by atoms with Gasteiger partial charge in [-0.1, -0.05) is 6.92 Å². The van der Waals surface area contributed by atoms with Crippen LogP contribution in [0.25, 0.3) is 0 Å². The van der Waals surface area contributed by atoms with Crippen molar-refractivity contribution < 1.29 is 9.18 Å². The van der Waals surface area contributed by atoms with Crippen LogP contribution in [0.4, 0.5) is 10.1 Å². The molecule has 80 valence electrons. The summed E-state index contributed by atoms with van der Waals surface area (Å²) in [7, 11) is 0. The van der Waals surface area contributed by atoms with Crippen LogP contribution in [-0.4, -0.2) is 5.91 Å². The van der Waals surface area contributed by atoms with Gasteiger partial charge in [-0.25, -0.2) is 4.39 Å². The van der Waals surface area contributed by atoms with E-state index in [4.69, 9.17) is 0 Å². The number of benzene rings is 1. The number of halogens is 1. The SMILES string of the molecule is CC(C(=O)Nc1ccc(F)cc1)C1CC1. The van der Waals surface area contributed by atoms with Crippen LogP contribution in [-0.2, 0) is 4.79 Å². The molecular weight excluding hydrogens is 193 g/mol. The number of anilines is 1. The van der Waals surface area contributed by atoms with E-state index in [0.717, 1.165) is 12.8 Å². The first-order valence-corrected chi connectivity index (χ1v) is 5.23. The van der Waals surface area contributed by atoms with Crippen LogP contribution in [0.2, 0.25) is 0 Å². The molecule has 1 amide bonds. The molecule has 0 bridgehead atoms. The van der Waals surface area contributed by atoms with Crippen LogP contribution in [0, 0.1) is 17.7 Å². The Morgan fingerprint density at radius 2 is 2.00 bits per heavy atom. The molecule has 0 aromatic heterocycles. The van der Waals surface area contributed by atoms with Crippen LogP contribution >= 0.6 is 0 Å². The fraction of sp³-hybridized carbons (Fsp3) is 0.417. The average molecular weight is 207 g/mol. The van der Waals surface area contributed by atoms with Gasteiger partial charge in [0.05, 0.1) is 0 Å². The van der Waals surface area contributed by atoms with Gasteiger partial charge in [-0.15, -0.1) is 0 Å². The molecule has 2 nitrogen and oxygen atoms in total. The van der Waals surface area contributed by atoms with Crippen molar-refractivity contribution in [2.24, 2.45) is 11.8 Å². The first kappa shape index (κ1) is 10.1. The largest absolute Gasteiger partial charge is 0.326 e. The van der Waals surface area contributed by atoms with Gasteiger partial charge in [-0.05, 0) is 43.0 Å². The molecule has 0 aliphatic heterocycles. The van der Waals surface area contributed by atoms with Gasteiger partial charge in [0.15, 0.2) is 0 Å². The minimum absolute atomic E-state index is 0.0316. The van der Waals surface area contributed by atoms with E-state index in [-0.39, 0.29) is 17.6 Å². The van der Waals surface area contributed by atoms with Crippen molar-refractivity contribution >= 4 is 11.6 Å². The number of amides is 1. The minimum atomic E-state index is -0.289. The monoisotopic (exact) mass is 207 g/mol. The summed E-state index contributed by atoms with van der Waals surface area (Å²) in [5, 5.41) is 2.78. The highest BCUT2D eigenvalue weighted by molar-refractivity contribution is 5.92. The van der Waals surface area contributed by atoms with Gasteiger partial charge in [0.1, 0.15) is 5.82 Å². The van der Waals surface area contributed by atoms with Crippen LogP contribution in [0.15, 0.2) is 24.3 Å². The standard InChI is InChI=1S/C12H14FNO/c1-8(9-2-3-9)12(15)14-11-6-4-10(13)5-7-11/h4-9H,2-3H2,1H3,(H,14,15). The molecule has 0 heterocycles. The van der Waals surface area contributed by atoms with E-state index in [1.165, 1.54) is 12.1 Å². The van der Waals surface area contributed by atoms with Crippen LogP contribution in [0.1, 0.15) is 19.8 Å². The Balaban J connectivity index is 1.95. The first-order chi connectivity index (χ1) is 7.16. The summed E-state index contributed by atoms with van der Waals surface area (Å²) < 4.78 is 12.6. The maximum atomic E-state index is 12.6. The zero-order chi connectivity index (χ0) is 10.8. The van der Waals surface area contributed by atoms with E-state index in [0.29, 0.717) is 11.6 Å². The van der Waals surface area contributed by atoms with E-state index in [2.05, 4.69) is 5.32 Å². The van der Waals surface area contributed by atoms with Crippen LogP contribution in [0.3, 0.4) is 0 Å². The van der Waals surface area contributed by atoms with Gasteiger partial charge in [0.2, 0.25) is 5.91 Å². The molecule has 1 saturated carbocycles. The molecule has 3 heteroatoms. The van der Waals surface area contributed by atoms with Gasteiger partial charge in [0, 0.05) is 11.6 Å². The summed E-state index contributed by atoms with van der Waals surface area (Å²) in [5.41, 5.74) is 0.661. The Labute approximate surface area is 88.5 Å². The molecule has 2 rings (SSSR count). The van der Waals surface area contributed by atoms with E-state index in [9.17, 15) is 9.18 Å². The lowest BCUT2D eigenvalue weighted by Gasteiger charge is -2.10. The fourth-order valence-electron chi connectivity index (χ4n) is 1.60. The zero-order valence-corrected chi connectivity index (χ0v) is 8.66. The molecule has 1 aliphatic carbocycles. The lowest BCUT2D eigenvalue weighted by Crippen LogP contribution is -2.21. The number of hydrogen-bond acceptors (Lipinski definition) is 1. The van der Waals surface area contributed by atoms with Crippen molar-refractivity contribution in [2.45, 2.75) is 19.8 Å². The topological polar surface area (TPSA) is 29.1 Å². The molecule has 1 atom stereocenters. The van der Waals surface area contributed by atoms with E-state index < -0.39 is 0 Å². The molecule has 0 saturated heterocycles. The van der Waals surface area contributed by atoms with Gasteiger partial charge in [0.25, 0.3) is 0 Å². The maximum absolute atomic E-state index is 12.6. The fourth-order valence-corrected chi connectivity index (χ4v) is 1.60. The van der Waals surface area contributed by atoms with Crippen molar-refractivity contribution in [3.8, 4) is 0 Å². The molecule has 1 aromatic rings. The van der Waals surface area contributed by atoms with Crippen molar-refractivity contribution in [3.05, 3.63) is 30.1 Å². The molecule has 0 spiro atoms. The van der Waals surface area contributed by atoms with E-state index in [1.54, 1.807) is 12.1 Å². The highest BCUT2D eigenvalue weighted by Crippen LogP contribution is 2.36. The number of rotatable bonds is 3. The Morgan fingerprint density at radius 1 is 1.40 bits per heavy atom. The third kappa shape index (κ3) is 2.55. The first-order valence-electron chi connectivity index (χ1n) is 5.23. The van der Waals surface area contributed by atoms with Gasteiger partial charge in [-0.3, -0.25) is 4.79 Å². The average Bonchev–Trinajstić information content (AvgIpc) is 3.04. The summed E-state index contributed by atoms with van der Waals surface area (Å²) in [6.07, 6.45) is 2.30. The Bertz CT molecular complexity index is 356. The number of hydrogen-bond donors (Lipinski definition) is 1. The molecule has 1 aliphatic rings. The van der Waals surface area contributed by atoms with Gasteiger partial charge >= 0.3 is 0 Å². The van der Waals surface area contributed by atoms with E-state index >= 15 is 0 Å². The van der Waals surface area contributed by atoms with Crippen molar-refractivity contribution in [1.29, 1.82) is 0 Å². The number of carbonyl (C=O) groups is 1. The third-order valence-corrected chi connectivity index (χ3v) is 2.85. The summed E-state index contributed by atoms with van der Waals surface area (Å²) in [6, 6.07) is 5.84. The summed E-state index contributed by atoms with van der Waals surface area (Å²) in [6.45, 7) is 1.94. The highest BCUT2D eigenvalue weighted by Gasteiger charge is 2.32. The maximum Gasteiger partial charge on any atom is 0.227 e. The molecular formula is C12H14FNO. The normalized spacial score (nSPS) is 17.2. The predicted molar refractivity (Wildman–Crippen MR) is 56.9 cm³/mol. The molecule has 1 unspecified atom stereocenters. The lowest BCUT2D eigenvalue weighted by atomic mass is 10.1. The molecule has 1 aromatic carbocycles. The second-order valence-corrected chi connectivity index (χ2v) is 4.12. The van der Waals surface area contributed by atoms with E-state index in [1.807, 2.05) is 6.92 Å². The van der Waals surface area contributed by atoms with Crippen LogP contribution < -0.4 is 5.32 Å². The summed E-state index contributed by atoms with van der Waals surface area (Å²) in [4.78, 5) is 11.7.